The molecule has 1 unspecified atom stereocenters. The molecule has 31 valence electrons. The van der Waals surface area contributed by atoms with Gasteiger partial charge in [0, 0.05) is 153 Å². The van der Waals surface area contributed by atoms with E-state index in [0.717, 1.165) is 0 Å². The van der Waals surface area contributed by atoms with Crippen LogP contribution in [-0.2, 0) is 34.1 Å². The van der Waals surface area contributed by atoms with E-state index in [1.807, 2.05) is 0 Å². The Kier molecular flexibility index (Phi) is 223. The van der Waals surface area contributed by atoms with Gasteiger partial charge in [0.05, 0.1) is 0 Å². The van der Waals surface area contributed by atoms with E-state index >= 15 is 0 Å². The van der Waals surface area contributed by atoms with Gasteiger partial charge >= 0.3 is 0 Å². The molecule has 0 rings (SSSR count). The van der Waals surface area contributed by atoms with Gasteiger partial charge in [-0.1, -0.05) is 0 Å². The summed E-state index contributed by atoms with van der Waals surface area (Å²) in [5.41, 5.74) is 0. The zero-order chi connectivity index (χ0) is 0. The molecule has 0 spiro atoms. The van der Waals surface area contributed by atoms with Gasteiger partial charge in [0.1, 0.15) is 0 Å². The van der Waals surface area contributed by atoms with Crippen LogP contribution in [0.25, 0.3) is 0 Å². The molecule has 0 aliphatic carbocycles. The molecule has 0 aliphatic heterocycles. The van der Waals surface area contributed by atoms with Crippen molar-refractivity contribution in [3.05, 3.63) is 0 Å². The second kappa shape index (κ2) is 31.6. The Morgan fingerprint density at radius 3 is 1.00 bits per heavy atom. The predicted molar refractivity (Wildman–Crippen MR) is 28.4 cm³/mol. The maximum atomic E-state index is 0. The molecule has 0 saturated heterocycles. The smallest absolute Gasteiger partial charge is 0 e. The third-order valence-corrected chi connectivity index (χ3v) is 0. The van der Waals surface area contributed by atoms with E-state index < -0.39 is 0 Å². The van der Waals surface area contributed by atoms with Crippen molar-refractivity contribution in [2.45, 2.75) is 0 Å². The molecule has 0 aromatic heterocycles. The van der Waals surface area contributed by atoms with E-state index in [4.69, 9.17) is 0 Å². The standard InChI is InChI=1S/Ca.Cu.Fe.K.Na.H3P/h;;;;;1H3. The number of hydrogen-bond acceptors (Lipinski definition) is 0. The first-order chi connectivity index (χ1) is 0. The Balaban J connectivity index is 0. The van der Waals surface area contributed by atoms with Gasteiger partial charge < -0.3 is 0 Å². The second-order valence-electron chi connectivity index (χ2n) is 0. The SMILES string of the molecule is P.[Ca].[Cu].[Fe].[K].[Na]. The minimum Gasteiger partial charge on any atom is -0.153 e. The number of hydrogen-bond donors (Lipinski definition) is 0. The van der Waals surface area contributed by atoms with Crippen LogP contribution < -0.4 is 0 Å². The molecule has 0 aromatic rings. The van der Waals surface area contributed by atoms with Crippen molar-refractivity contribution in [2.75, 3.05) is 0 Å². The van der Waals surface area contributed by atoms with Gasteiger partial charge in [-0.2, -0.15) is 9.90 Å². The molecule has 6 heteroatoms. The maximum Gasteiger partial charge on any atom is 0 e. The van der Waals surface area contributed by atoms with E-state index in [1.54, 1.807) is 0 Å². The normalized spacial score (nSPS) is 0. The van der Waals surface area contributed by atoms with Crippen molar-refractivity contribution in [1.29, 1.82) is 0 Å². The molecule has 0 fully saturated rings. The zero-order valence-electron chi connectivity index (χ0n) is 4.07. The van der Waals surface area contributed by atoms with Crippen LogP contribution in [0.3, 0.4) is 0 Å². The molecule has 0 bridgehead atoms. The number of rotatable bonds is 0. The average Bonchev–Trinajstić information content (AvgIpc) is 0. The molecule has 0 N–H and O–H groups in total. The molecule has 6 heavy (non-hydrogen) atoms. The molecule has 0 nitrogen and oxygen atoms in total. The summed E-state index contributed by atoms with van der Waals surface area (Å²) < 4.78 is 0. The summed E-state index contributed by atoms with van der Waals surface area (Å²) in [5.74, 6) is 0. The third-order valence-electron chi connectivity index (χ3n) is 0. The Morgan fingerprint density at radius 1 is 1.00 bits per heavy atom. The van der Waals surface area contributed by atoms with Crippen LogP contribution in [0.1, 0.15) is 0 Å². The first kappa shape index (κ1) is 42.4. The predicted octanol–water partition coefficient (Wildman–Crippen LogP) is -1.09. The molecule has 0 amide bonds. The molecule has 0 saturated carbocycles. The molecular formula is H3CaCuFeKNaP. The zero-order valence-corrected chi connectivity index (χ0v) is 14.9. The second-order valence-corrected chi connectivity index (χ2v) is 0. The van der Waals surface area contributed by atoms with Crippen LogP contribution in [0, 0.1) is 0 Å². The fraction of sp³-hybridized carbons (Fsp3) is 0. The molecule has 5 radical (unpaired) electrons. The van der Waals surface area contributed by atoms with Crippen LogP contribution in [0.15, 0.2) is 0 Å². The van der Waals surface area contributed by atoms with E-state index in [9.17, 15) is 0 Å². The van der Waals surface area contributed by atoms with Gasteiger partial charge in [0.2, 0.25) is 0 Å². The van der Waals surface area contributed by atoms with Gasteiger partial charge in [-0.3, -0.25) is 0 Å². The quantitative estimate of drug-likeness (QED) is 0.381. The summed E-state index contributed by atoms with van der Waals surface area (Å²) in [7, 11) is 0. The van der Waals surface area contributed by atoms with Gasteiger partial charge in [-0.05, 0) is 0 Å². The first-order valence-electron chi connectivity index (χ1n) is 0. The minimum atomic E-state index is 0. The summed E-state index contributed by atoms with van der Waals surface area (Å²) in [5, 5.41) is 0. The largest absolute Gasteiger partial charge is 0.153 e. The van der Waals surface area contributed by atoms with E-state index in [1.165, 1.54) is 0 Å². The van der Waals surface area contributed by atoms with Gasteiger partial charge in [-0.15, -0.1) is 0 Å². The Bertz CT molecular complexity index is 15.5. The van der Waals surface area contributed by atoms with E-state index in [2.05, 4.69) is 0 Å². The van der Waals surface area contributed by atoms with Crippen molar-refractivity contribution >= 4 is 129 Å². The van der Waals surface area contributed by atoms with Gasteiger partial charge in [-0.25, -0.2) is 0 Å². The molecule has 0 aromatic carbocycles. The van der Waals surface area contributed by atoms with Crippen molar-refractivity contribution in [1.82, 2.24) is 0 Å². The van der Waals surface area contributed by atoms with Crippen LogP contribution in [0.5, 0.6) is 0 Å². The Labute approximate surface area is 158 Å². The van der Waals surface area contributed by atoms with Gasteiger partial charge in [0.25, 0.3) is 0 Å². The molecule has 1 atom stereocenters. The minimum absolute atomic E-state index is 0. The van der Waals surface area contributed by atoms with Crippen molar-refractivity contribution in [2.24, 2.45) is 0 Å². The molecule has 0 aliphatic rings. The third kappa shape index (κ3) is 22.8. The van der Waals surface area contributed by atoms with Gasteiger partial charge in [0.15, 0.2) is 0 Å². The Morgan fingerprint density at radius 2 is 1.00 bits per heavy atom. The molecular weight excluding hydrogens is 253 g/mol. The fourth-order valence-electron chi connectivity index (χ4n) is 0. The van der Waals surface area contributed by atoms with E-state index in [-0.39, 0.29) is 163 Å². The summed E-state index contributed by atoms with van der Waals surface area (Å²) in [4.78, 5) is 0. The van der Waals surface area contributed by atoms with Crippen LogP contribution in [-0.4, -0.2) is 119 Å². The van der Waals surface area contributed by atoms with Crippen molar-refractivity contribution < 1.29 is 34.1 Å². The fourth-order valence-corrected chi connectivity index (χ4v) is 0. The average molecular weight is 256 g/mol. The maximum absolute atomic E-state index is 0. The van der Waals surface area contributed by atoms with E-state index in [0.29, 0.717) is 0 Å². The summed E-state index contributed by atoms with van der Waals surface area (Å²) >= 11 is 0. The van der Waals surface area contributed by atoms with Crippen molar-refractivity contribution in [3.63, 3.8) is 0 Å². The summed E-state index contributed by atoms with van der Waals surface area (Å²) in [6.07, 6.45) is 0. The first-order valence-corrected chi connectivity index (χ1v) is 0. The summed E-state index contributed by atoms with van der Waals surface area (Å²) in [6.45, 7) is 0. The Hall–Kier alpha value is 5.37. The van der Waals surface area contributed by atoms with Crippen LogP contribution in [0.2, 0.25) is 0 Å². The topological polar surface area (TPSA) is 0 Å². The van der Waals surface area contributed by atoms with Crippen LogP contribution in [0.4, 0.5) is 0 Å². The van der Waals surface area contributed by atoms with Crippen molar-refractivity contribution in [3.8, 4) is 0 Å². The molecule has 0 heterocycles. The van der Waals surface area contributed by atoms with Crippen LogP contribution >= 0.6 is 9.90 Å². The monoisotopic (exact) mass is 255 g/mol. The summed E-state index contributed by atoms with van der Waals surface area (Å²) in [6, 6.07) is 0.